The molecular weight excluding hydrogens is 360 g/mol. The van der Waals surface area contributed by atoms with Crippen LogP contribution in [0.15, 0.2) is 45.5 Å². The number of hydrogen-bond acceptors (Lipinski definition) is 2. The molecule has 0 bridgehead atoms. The highest BCUT2D eigenvalue weighted by Gasteiger charge is 2.08. The van der Waals surface area contributed by atoms with Gasteiger partial charge in [0.25, 0.3) is 5.91 Å². The first kappa shape index (κ1) is 13.2. The predicted octanol–water partition coefficient (Wildman–Crippen LogP) is 4.17. The normalized spacial score (nSPS) is 10.2. The van der Waals surface area contributed by atoms with E-state index in [9.17, 15) is 4.79 Å². The molecule has 0 fully saturated rings. The van der Waals surface area contributed by atoms with Gasteiger partial charge in [0.2, 0.25) is 0 Å². The molecule has 0 spiro atoms. The minimum Gasteiger partial charge on any atom is -0.321 e. The Hall–Kier alpha value is -1.20. The minimum atomic E-state index is -0.224. The first-order chi connectivity index (χ1) is 8.56. The lowest BCUT2D eigenvalue weighted by Crippen LogP contribution is -2.13. The van der Waals surface area contributed by atoms with Gasteiger partial charge >= 0.3 is 0 Å². The van der Waals surface area contributed by atoms with Gasteiger partial charge in [-0.05, 0) is 58.7 Å². The van der Waals surface area contributed by atoms with Crippen LogP contribution in [0.4, 0.5) is 5.69 Å². The van der Waals surface area contributed by atoms with Crippen molar-refractivity contribution in [3.05, 3.63) is 56.7 Å². The van der Waals surface area contributed by atoms with Crippen molar-refractivity contribution in [1.29, 1.82) is 0 Å². The second-order valence-corrected chi connectivity index (χ2v) is 5.43. The standard InChI is InChI=1S/C13H10Br2N2O/c1-8-7-9(5-6-10(8)14)16-13(18)11-3-2-4-12(15)17-11/h2-7H,1H3,(H,16,18). The van der Waals surface area contributed by atoms with E-state index in [1.54, 1.807) is 18.2 Å². The Morgan fingerprint density at radius 2 is 2.00 bits per heavy atom. The van der Waals surface area contributed by atoms with Crippen LogP contribution in [0, 0.1) is 6.92 Å². The van der Waals surface area contributed by atoms with Gasteiger partial charge in [-0.3, -0.25) is 4.79 Å². The van der Waals surface area contributed by atoms with Crippen LogP contribution in [0.25, 0.3) is 0 Å². The van der Waals surface area contributed by atoms with Gasteiger partial charge < -0.3 is 5.32 Å². The van der Waals surface area contributed by atoms with Crippen molar-refractivity contribution in [2.24, 2.45) is 0 Å². The largest absolute Gasteiger partial charge is 0.321 e. The number of hydrogen-bond donors (Lipinski definition) is 1. The number of aryl methyl sites for hydroxylation is 1. The summed E-state index contributed by atoms with van der Waals surface area (Å²) >= 11 is 6.66. The van der Waals surface area contributed by atoms with Crippen LogP contribution in [0.1, 0.15) is 16.1 Å². The van der Waals surface area contributed by atoms with E-state index < -0.39 is 0 Å². The fourth-order valence-corrected chi connectivity index (χ4v) is 2.04. The zero-order valence-corrected chi connectivity index (χ0v) is 12.7. The third-order valence-corrected chi connectivity index (χ3v) is 3.69. The van der Waals surface area contributed by atoms with Gasteiger partial charge in [0, 0.05) is 10.2 Å². The molecule has 0 radical (unpaired) electrons. The number of halogens is 2. The molecular formula is C13H10Br2N2O. The van der Waals surface area contributed by atoms with Crippen LogP contribution in [-0.2, 0) is 0 Å². The van der Waals surface area contributed by atoms with Gasteiger partial charge in [0.05, 0.1) is 0 Å². The molecule has 1 aromatic heterocycles. The summed E-state index contributed by atoms with van der Waals surface area (Å²) in [6.45, 7) is 1.97. The summed E-state index contributed by atoms with van der Waals surface area (Å²) in [6, 6.07) is 10.9. The minimum absolute atomic E-state index is 0.224. The smallest absolute Gasteiger partial charge is 0.274 e. The molecule has 0 atom stereocenters. The topological polar surface area (TPSA) is 42.0 Å². The Bertz CT molecular complexity index is 599. The average molecular weight is 370 g/mol. The van der Waals surface area contributed by atoms with Crippen LogP contribution >= 0.6 is 31.9 Å². The quantitative estimate of drug-likeness (QED) is 0.807. The number of nitrogens with zero attached hydrogens (tertiary/aromatic N) is 1. The Labute approximate surface area is 122 Å². The molecule has 2 aromatic rings. The fourth-order valence-electron chi connectivity index (χ4n) is 1.45. The van der Waals surface area contributed by atoms with Gasteiger partial charge in [0.1, 0.15) is 10.3 Å². The fraction of sp³-hybridized carbons (Fsp3) is 0.0769. The third kappa shape index (κ3) is 3.17. The number of pyridine rings is 1. The SMILES string of the molecule is Cc1cc(NC(=O)c2cccc(Br)n2)ccc1Br. The van der Waals surface area contributed by atoms with E-state index in [0.717, 1.165) is 15.7 Å². The van der Waals surface area contributed by atoms with Crippen molar-refractivity contribution >= 4 is 43.5 Å². The van der Waals surface area contributed by atoms with E-state index in [-0.39, 0.29) is 5.91 Å². The molecule has 5 heteroatoms. The van der Waals surface area contributed by atoms with Gasteiger partial charge in [-0.15, -0.1) is 0 Å². The zero-order valence-electron chi connectivity index (χ0n) is 9.58. The molecule has 2 rings (SSSR count). The molecule has 1 amide bonds. The molecule has 0 saturated heterocycles. The van der Waals surface area contributed by atoms with Gasteiger partial charge in [-0.2, -0.15) is 0 Å². The number of aromatic nitrogens is 1. The summed E-state index contributed by atoms with van der Waals surface area (Å²) in [7, 11) is 0. The molecule has 0 aliphatic carbocycles. The molecule has 3 nitrogen and oxygen atoms in total. The monoisotopic (exact) mass is 368 g/mol. The maximum Gasteiger partial charge on any atom is 0.274 e. The van der Waals surface area contributed by atoms with Crippen molar-refractivity contribution < 1.29 is 4.79 Å². The number of amides is 1. The van der Waals surface area contributed by atoms with Gasteiger partial charge in [-0.25, -0.2) is 4.98 Å². The Morgan fingerprint density at radius 3 is 2.67 bits per heavy atom. The number of benzene rings is 1. The zero-order chi connectivity index (χ0) is 13.1. The Kier molecular flexibility index (Phi) is 4.14. The Morgan fingerprint density at radius 1 is 1.22 bits per heavy atom. The van der Waals surface area contributed by atoms with E-state index >= 15 is 0 Å². The highest BCUT2D eigenvalue weighted by atomic mass is 79.9. The maximum atomic E-state index is 12.0. The first-order valence-corrected chi connectivity index (χ1v) is 6.85. The predicted molar refractivity (Wildman–Crippen MR) is 78.8 cm³/mol. The number of anilines is 1. The molecule has 1 aromatic carbocycles. The van der Waals surface area contributed by atoms with Crippen LogP contribution in [0.3, 0.4) is 0 Å². The summed E-state index contributed by atoms with van der Waals surface area (Å²) in [5.41, 5.74) is 2.20. The number of carbonyl (C=O) groups is 1. The first-order valence-electron chi connectivity index (χ1n) is 5.26. The highest BCUT2D eigenvalue weighted by molar-refractivity contribution is 9.10. The molecule has 0 saturated carbocycles. The van der Waals surface area contributed by atoms with Crippen molar-refractivity contribution in [1.82, 2.24) is 4.98 Å². The van der Waals surface area contributed by atoms with Crippen LogP contribution in [0.2, 0.25) is 0 Å². The van der Waals surface area contributed by atoms with E-state index in [1.165, 1.54) is 0 Å². The molecule has 18 heavy (non-hydrogen) atoms. The van der Waals surface area contributed by atoms with Crippen LogP contribution in [-0.4, -0.2) is 10.9 Å². The molecule has 0 aliphatic heterocycles. The summed E-state index contributed by atoms with van der Waals surface area (Å²) in [6.07, 6.45) is 0. The summed E-state index contributed by atoms with van der Waals surface area (Å²) in [4.78, 5) is 16.1. The summed E-state index contributed by atoms with van der Waals surface area (Å²) < 4.78 is 1.66. The van der Waals surface area contributed by atoms with Crippen molar-refractivity contribution in [2.45, 2.75) is 6.92 Å². The summed E-state index contributed by atoms with van der Waals surface area (Å²) in [5.74, 6) is -0.224. The maximum absolute atomic E-state index is 12.0. The molecule has 0 aliphatic rings. The lowest BCUT2D eigenvalue weighted by atomic mass is 10.2. The molecule has 1 N–H and O–H groups in total. The highest BCUT2D eigenvalue weighted by Crippen LogP contribution is 2.20. The molecule has 92 valence electrons. The molecule has 0 unspecified atom stereocenters. The van der Waals surface area contributed by atoms with Gasteiger partial charge in [0.15, 0.2) is 0 Å². The molecule has 1 heterocycles. The van der Waals surface area contributed by atoms with Crippen molar-refractivity contribution in [3.63, 3.8) is 0 Å². The number of nitrogens with one attached hydrogen (secondary N) is 1. The van der Waals surface area contributed by atoms with Crippen molar-refractivity contribution in [3.8, 4) is 0 Å². The van der Waals surface area contributed by atoms with E-state index in [4.69, 9.17) is 0 Å². The third-order valence-electron chi connectivity index (χ3n) is 2.36. The Balaban J connectivity index is 2.18. The van der Waals surface area contributed by atoms with Crippen molar-refractivity contribution in [2.75, 3.05) is 5.32 Å². The average Bonchev–Trinajstić information content (AvgIpc) is 2.34. The summed E-state index contributed by atoms with van der Waals surface area (Å²) in [5, 5.41) is 2.81. The number of rotatable bonds is 2. The van der Waals surface area contributed by atoms with Gasteiger partial charge in [-0.1, -0.05) is 22.0 Å². The van der Waals surface area contributed by atoms with Crippen LogP contribution in [0.5, 0.6) is 0 Å². The lowest BCUT2D eigenvalue weighted by molar-refractivity contribution is 0.102. The van der Waals surface area contributed by atoms with E-state index in [2.05, 4.69) is 42.2 Å². The lowest BCUT2D eigenvalue weighted by Gasteiger charge is -2.06. The second-order valence-electron chi connectivity index (χ2n) is 3.76. The van der Waals surface area contributed by atoms with E-state index in [1.807, 2.05) is 25.1 Å². The van der Waals surface area contributed by atoms with Crippen LogP contribution < -0.4 is 5.32 Å². The second kappa shape index (κ2) is 5.63. The van der Waals surface area contributed by atoms with E-state index in [0.29, 0.717) is 10.3 Å². The number of carbonyl (C=O) groups excluding carboxylic acids is 1.